The van der Waals surface area contributed by atoms with Crippen molar-refractivity contribution in [3.05, 3.63) is 28.2 Å². The van der Waals surface area contributed by atoms with Gasteiger partial charge < -0.3 is 15.5 Å². The average molecular weight is 311 g/mol. The van der Waals surface area contributed by atoms with Crippen LogP contribution in [-0.2, 0) is 0 Å². The Morgan fingerprint density at radius 2 is 2.17 bits per heavy atom. The number of anilines is 1. The number of nitrogen functional groups attached to an aromatic ring is 1. The molecule has 0 saturated carbocycles. The fourth-order valence-corrected chi connectivity index (χ4v) is 2.88. The number of nitrogens with one attached hydrogen (secondary N) is 1. The Bertz CT molecular complexity index is 460. The summed E-state index contributed by atoms with van der Waals surface area (Å²) in [5.41, 5.74) is 7.55. The molecular formula is C13H19BrN4. The van der Waals surface area contributed by atoms with Gasteiger partial charge in [-0.05, 0) is 42.0 Å². The molecule has 1 heterocycles. The summed E-state index contributed by atoms with van der Waals surface area (Å²) in [4.78, 5) is 4.66. The van der Waals surface area contributed by atoms with Crippen LogP contribution in [0.2, 0.25) is 0 Å². The minimum Gasteiger partial charge on any atom is -0.384 e. The molecule has 1 fully saturated rings. The zero-order chi connectivity index (χ0) is 13.3. The van der Waals surface area contributed by atoms with Crippen LogP contribution < -0.4 is 10.6 Å². The molecule has 0 bridgehead atoms. The number of likely N-dealkylation sites (N-methyl/N-ethyl adjacent to an activating group) is 1. The molecule has 2 rings (SSSR count). The van der Waals surface area contributed by atoms with Crippen molar-refractivity contribution < 1.29 is 0 Å². The Labute approximate surface area is 116 Å². The first-order valence-electron chi connectivity index (χ1n) is 6.08. The number of nitrogens with zero attached hydrogens (tertiary/aromatic N) is 2. The van der Waals surface area contributed by atoms with Gasteiger partial charge >= 0.3 is 0 Å². The number of hydrogen-bond donors (Lipinski definition) is 2. The second-order valence-corrected chi connectivity index (χ2v) is 5.68. The lowest BCUT2D eigenvalue weighted by molar-refractivity contribution is 0.234. The topological polar surface area (TPSA) is 56.4 Å². The van der Waals surface area contributed by atoms with Crippen molar-refractivity contribution in [2.45, 2.75) is 13.0 Å². The van der Waals surface area contributed by atoms with Crippen LogP contribution in [-0.4, -0.2) is 43.5 Å². The van der Waals surface area contributed by atoms with E-state index < -0.39 is 0 Å². The molecule has 1 aliphatic heterocycles. The van der Waals surface area contributed by atoms with Gasteiger partial charge in [-0.15, -0.1) is 0 Å². The molecular weight excluding hydrogens is 292 g/mol. The highest BCUT2D eigenvalue weighted by atomic mass is 79.9. The SMILES string of the molecule is CC1CN(c2cccc(Br)c2C(=N)N)CCN1C. The predicted octanol–water partition coefficient (Wildman–Crippen LogP) is 1.87. The van der Waals surface area contributed by atoms with Crippen molar-refractivity contribution in [3.8, 4) is 0 Å². The molecule has 1 aromatic rings. The second-order valence-electron chi connectivity index (χ2n) is 4.82. The molecule has 1 atom stereocenters. The molecule has 1 unspecified atom stereocenters. The maximum Gasteiger partial charge on any atom is 0.126 e. The van der Waals surface area contributed by atoms with Crippen molar-refractivity contribution in [2.24, 2.45) is 5.73 Å². The summed E-state index contributed by atoms with van der Waals surface area (Å²) >= 11 is 3.48. The largest absolute Gasteiger partial charge is 0.384 e. The van der Waals surface area contributed by atoms with Gasteiger partial charge in [0.25, 0.3) is 0 Å². The van der Waals surface area contributed by atoms with Crippen LogP contribution in [0.4, 0.5) is 5.69 Å². The number of rotatable bonds is 2. The summed E-state index contributed by atoms with van der Waals surface area (Å²) in [6.45, 7) is 5.19. The van der Waals surface area contributed by atoms with Crippen LogP contribution in [0, 0.1) is 5.41 Å². The Balaban J connectivity index is 2.34. The minimum absolute atomic E-state index is 0.115. The van der Waals surface area contributed by atoms with Crippen molar-refractivity contribution in [1.82, 2.24) is 4.90 Å². The molecule has 0 amide bonds. The number of halogens is 1. The third kappa shape index (κ3) is 2.52. The monoisotopic (exact) mass is 310 g/mol. The third-order valence-corrected chi connectivity index (χ3v) is 4.22. The van der Waals surface area contributed by atoms with Gasteiger partial charge in [0.15, 0.2) is 0 Å². The Hall–Kier alpha value is -1.07. The van der Waals surface area contributed by atoms with Crippen molar-refractivity contribution in [3.63, 3.8) is 0 Å². The summed E-state index contributed by atoms with van der Waals surface area (Å²) in [5.74, 6) is 0.115. The van der Waals surface area contributed by atoms with Crippen molar-refractivity contribution in [2.75, 3.05) is 31.6 Å². The van der Waals surface area contributed by atoms with Gasteiger partial charge in [-0.25, -0.2) is 0 Å². The van der Waals surface area contributed by atoms with Gasteiger partial charge in [-0.3, -0.25) is 5.41 Å². The highest BCUT2D eigenvalue weighted by molar-refractivity contribution is 9.10. The van der Waals surface area contributed by atoms with E-state index >= 15 is 0 Å². The molecule has 5 heteroatoms. The van der Waals surface area contributed by atoms with E-state index in [2.05, 4.69) is 39.7 Å². The number of nitrogens with two attached hydrogens (primary N) is 1. The first kappa shape index (κ1) is 13.4. The molecule has 4 nitrogen and oxygen atoms in total. The first-order chi connectivity index (χ1) is 8.50. The van der Waals surface area contributed by atoms with E-state index in [1.165, 1.54) is 0 Å². The Morgan fingerprint density at radius 1 is 1.44 bits per heavy atom. The summed E-state index contributed by atoms with van der Waals surface area (Å²) < 4.78 is 0.888. The maximum absolute atomic E-state index is 7.74. The number of hydrogen-bond acceptors (Lipinski definition) is 3. The second kappa shape index (κ2) is 5.28. The molecule has 98 valence electrons. The van der Waals surface area contributed by atoms with Gasteiger partial charge in [0.05, 0.1) is 5.56 Å². The molecule has 0 aromatic heterocycles. The maximum atomic E-state index is 7.74. The van der Waals surface area contributed by atoms with Crippen molar-refractivity contribution in [1.29, 1.82) is 5.41 Å². The van der Waals surface area contributed by atoms with Gasteiger partial charge in [-0.1, -0.05) is 6.07 Å². The Morgan fingerprint density at radius 3 is 2.78 bits per heavy atom. The molecule has 0 radical (unpaired) electrons. The van der Waals surface area contributed by atoms with Crippen LogP contribution in [0.1, 0.15) is 12.5 Å². The van der Waals surface area contributed by atoms with Crippen LogP contribution >= 0.6 is 15.9 Å². The smallest absolute Gasteiger partial charge is 0.126 e. The van der Waals surface area contributed by atoms with Gasteiger partial charge in [0.1, 0.15) is 5.84 Å². The van der Waals surface area contributed by atoms with E-state index in [1.807, 2.05) is 18.2 Å². The summed E-state index contributed by atoms with van der Waals surface area (Å²) in [6, 6.07) is 6.48. The molecule has 0 spiro atoms. The predicted molar refractivity (Wildman–Crippen MR) is 79.5 cm³/mol. The highest BCUT2D eigenvalue weighted by Gasteiger charge is 2.23. The summed E-state index contributed by atoms with van der Waals surface area (Å²) in [6.07, 6.45) is 0. The van der Waals surface area contributed by atoms with Gasteiger partial charge in [0, 0.05) is 35.8 Å². The zero-order valence-corrected chi connectivity index (χ0v) is 12.4. The normalized spacial score (nSPS) is 21.1. The fraction of sp³-hybridized carbons (Fsp3) is 0.462. The quantitative estimate of drug-likeness (QED) is 0.648. The van der Waals surface area contributed by atoms with Crippen LogP contribution in [0.15, 0.2) is 22.7 Å². The van der Waals surface area contributed by atoms with Crippen LogP contribution in [0.5, 0.6) is 0 Å². The van der Waals surface area contributed by atoms with E-state index in [0.29, 0.717) is 6.04 Å². The molecule has 0 aliphatic carbocycles. The number of amidine groups is 1. The molecule has 1 aliphatic rings. The van der Waals surface area contributed by atoms with Gasteiger partial charge in [-0.2, -0.15) is 0 Å². The highest BCUT2D eigenvalue weighted by Crippen LogP contribution is 2.28. The molecule has 18 heavy (non-hydrogen) atoms. The van der Waals surface area contributed by atoms with Gasteiger partial charge in [0.2, 0.25) is 0 Å². The van der Waals surface area contributed by atoms with E-state index in [9.17, 15) is 0 Å². The minimum atomic E-state index is 0.115. The average Bonchev–Trinajstić information content (AvgIpc) is 2.32. The molecule has 3 N–H and O–H groups in total. The van der Waals surface area contributed by atoms with E-state index in [0.717, 1.165) is 35.4 Å². The molecule has 1 saturated heterocycles. The standard InChI is InChI=1S/C13H19BrN4/c1-9-8-18(7-6-17(9)2)11-5-3-4-10(14)12(11)13(15)16/h3-5,9H,6-8H2,1-2H3,(H3,15,16). The van der Waals surface area contributed by atoms with E-state index in [4.69, 9.17) is 11.1 Å². The van der Waals surface area contributed by atoms with E-state index in [-0.39, 0.29) is 5.84 Å². The van der Waals surface area contributed by atoms with Crippen molar-refractivity contribution >= 4 is 27.5 Å². The number of benzene rings is 1. The van der Waals surface area contributed by atoms with E-state index in [1.54, 1.807) is 0 Å². The van der Waals surface area contributed by atoms with Crippen LogP contribution in [0.25, 0.3) is 0 Å². The third-order valence-electron chi connectivity index (χ3n) is 3.56. The lowest BCUT2D eigenvalue weighted by Gasteiger charge is -2.39. The zero-order valence-electron chi connectivity index (χ0n) is 10.8. The first-order valence-corrected chi connectivity index (χ1v) is 6.88. The fourth-order valence-electron chi connectivity index (χ4n) is 2.31. The van der Waals surface area contributed by atoms with Crippen LogP contribution in [0.3, 0.4) is 0 Å². The Kier molecular flexibility index (Phi) is 3.92. The summed E-state index contributed by atoms with van der Waals surface area (Å²) in [5, 5.41) is 7.74. The summed E-state index contributed by atoms with van der Waals surface area (Å²) in [7, 11) is 2.15. The lowest BCUT2D eigenvalue weighted by Crippen LogP contribution is -2.50. The number of piperazine rings is 1. The lowest BCUT2D eigenvalue weighted by atomic mass is 10.1. The molecule has 1 aromatic carbocycles.